The number of benzene rings is 2. The van der Waals surface area contributed by atoms with Crippen molar-refractivity contribution in [3.05, 3.63) is 52.8 Å². The van der Waals surface area contributed by atoms with E-state index in [2.05, 4.69) is 60.4 Å². The molecule has 2 aliphatic rings. The summed E-state index contributed by atoms with van der Waals surface area (Å²) in [5, 5.41) is 0. The van der Waals surface area contributed by atoms with Gasteiger partial charge in [-0.15, -0.1) is 0 Å². The monoisotopic (exact) mass is 288 g/mol. The number of nitrogens with zero attached hydrogens (tertiary/aromatic N) is 3. The third kappa shape index (κ3) is 1.32. The van der Waals surface area contributed by atoms with Gasteiger partial charge in [-0.25, -0.2) is 9.56 Å². The zero-order valence-corrected chi connectivity index (χ0v) is 13.1. The van der Waals surface area contributed by atoms with Crippen LogP contribution in [0.2, 0.25) is 0 Å². The molecule has 108 valence electrons. The molecule has 3 heteroatoms. The Morgan fingerprint density at radius 2 is 1.86 bits per heavy atom. The quantitative estimate of drug-likeness (QED) is 0.453. The van der Waals surface area contributed by atoms with Gasteiger partial charge >= 0.3 is 0 Å². The minimum Gasteiger partial charge on any atom is -0.289 e. The van der Waals surface area contributed by atoms with E-state index in [-0.39, 0.29) is 0 Å². The summed E-state index contributed by atoms with van der Waals surface area (Å²) in [6.07, 6.45) is 1.99. The van der Waals surface area contributed by atoms with E-state index in [4.69, 9.17) is 4.98 Å². The fourth-order valence-corrected chi connectivity index (χ4v) is 4.03. The lowest BCUT2D eigenvalue weighted by molar-refractivity contribution is -0.401. The fourth-order valence-electron chi connectivity index (χ4n) is 4.03. The van der Waals surface area contributed by atoms with Crippen LogP contribution in [0.15, 0.2) is 30.3 Å². The van der Waals surface area contributed by atoms with Gasteiger partial charge in [-0.3, -0.25) is 4.57 Å². The molecule has 0 unspecified atom stereocenters. The molecule has 0 N–H and O–H groups in total. The number of aromatic nitrogens is 2. The second kappa shape index (κ2) is 3.86. The van der Waals surface area contributed by atoms with E-state index in [1.165, 1.54) is 45.1 Å². The van der Waals surface area contributed by atoms with Gasteiger partial charge in [-0.05, 0) is 24.1 Å². The Kier molecular flexibility index (Phi) is 2.13. The first-order valence-corrected chi connectivity index (χ1v) is 7.83. The van der Waals surface area contributed by atoms with Gasteiger partial charge in [0, 0.05) is 18.9 Å². The summed E-state index contributed by atoms with van der Waals surface area (Å²) in [5.74, 6) is 1.17. The zero-order chi connectivity index (χ0) is 15.0. The minimum atomic E-state index is 0.934. The third-order valence-corrected chi connectivity index (χ3v) is 5.19. The van der Waals surface area contributed by atoms with Crippen molar-refractivity contribution in [3.63, 3.8) is 0 Å². The van der Waals surface area contributed by atoms with Gasteiger partial charge in [0.15, 0.2) is 5.71 Å². The van der Waals surface area contributed by atoms with Crippen LogP contribution in [0.4, 0.5) is 5.69 Å². The van der Waals surface area contributed by atoms with Crippen molar-refractivity contribution in [1.29, 1.82) is 0 Å². The number of hydrogen-bond acceptors (Lipinski definition) is 1. The molecule has 0 spiro atoms. The Hall–Kier alpha value is -2.42. The number of imidazole rings is 1. The number of fused-ring (bicyclic) bond motifs is 7. The molecular weight excluding hydrogens is 270 g/mol. The molecule has 0 bridgehead atoms. The Labute approximate surface area is 129 Å². The van der Waals surface area contributed by atoms with Crippen LogP contribution in [-0.2, 0) is 12.8 Å². The fraction of sp³-hybridized carbons (Fsp3) is 0.263. The van der Waals surface area contributed by atoms with Crippen LogP contribution >= 0.6 is 0 Å². The summed E-state index contributed by atoms with van der Waals surface area (Å²) >= 11 is 0. The molecule has 5 rings (SSSR count). The first-order chi connectivity index (χ1) is 10.6. The highest BCUT2D eigenvalue weighted by Crippen LogP contribution is 2.42. The van der Waals surface area contributed by atoms with E-state index < -0.39 is 0 Å². The van der Waals surface area contributed by atoms with Crippen molar-refractivity contribution in [2.24, 2.45) is 0 Å². The van der Waals surface area contributed by atoms with Crippen molar-refractivity contribution < 1.29 is 4.58 Å². The van der Waals surface area contributed by atoms with Crippen LogP contribution in [0, 0.1) is 6.92 Å². The molecule has 3 nitrogen and oxygen atoms in total. The summed E-state index contributed by atoms with van der Waals surface area (Å²) in [5.41, 5.74) is 10.6. The largest absolute Gasteiger partial charge is 0.289 e. The van der Waals surface area contributed by atoms with Gasteiger partial charge in [0.2, 0.25) is 5.69 Å². The predicted octanol–water partition coefficient (Wildman–Crippen LogP) is 3.53. The van der Waals surface area contributed by atoms with E-state index in [1.807, 2.05) is 0 Å². The minimum absolute atomic E-state index is 0.934. The highest BCUT2D eigenvalue weighted by molar-refractivity contribution is 5.90. The molecule has 0 amide bonds. The summed E-state index contributed by atoms with van der Waals surface area (Å²) in [6, 6.07) is 11.0. The van der Waals surface area contributed by atoms with Crippen LogP contribution in [0.5, 0.6) is 0 Å². The SMILES string of the molecule is CC1=[N+](C)c2c(ccc3c2-n2c(nc4cccc(C)c42)C3)C1. The van der Waals surface area contributed by atoms with E-state index in [9.17, 15) is 0 Å². The van der Waals surface area contributed by atoms with Gasteiger partial charge < -0.3 is 0 Å². The van der Waals surface area contributed by atoms with Gasteiger partial charge in [-0.1, -0.05) is 24.3 Å². The maximum Gasteiger partial charge on any atom is 0.233 e. The van der Waals surface area contributed by atoms with Gasteiger partial charge in [0.25, 0.3) is 0 Å². The standard InChI is InChI=1S/C19H18N3/c1-11-5-4-6-15-17(11)22-16(20-15)10-14-8-7-13-9-12(2)21(3)18(13)19(14)22/h4-8H,9-10H2,1-3H3/q+1. The van der Waals surface area contributed by atoms with E-state index >= 15 is 0 Å². The molecule has 2 aromatic carbocycles. The van der Waals surface area contributed by atoms with Crippen molar-refractivity contribution >= 4 is 22.4 Å². The second-order valence-electron chi connectivity index (χ2n) is 6.53. The molecule has 1 aromatic heterocycles. The van der Waals surface area contributed by atoms with Crippen molar-refractivity contribution in [2.75, 3.05) is 7.05 Å². The lowest BCUT2D eigenvalue weighted by Crippen LogP contribution is -2.05. The van der Waals surface area contributed by atoms with Crippen molar-refractivity contribution in [1.82, 2.24) is 9.55 Å². The number of para-hydroxylation sites is 1. The van der Waals surface area contributed by atoms with Gasteiger partial charge in [0.05, 0.1) is 17.5 Å². The van der Waals surface area contributed by atoms with Gasteiger partial charge in [0.1, 0.15) is 18.6 Å². The maximum atomic E-state index is 4.88. The molecule has 22 heavy (non-hydrogen) atoms. The molecule has 0 fully saturated rings. The van der Waals surface area contributed by atoms with E-state index in [1.54, 1.807) is 0 Å². The second-order valence-corrected chi connectivity index (χ2v) is 6.53. The molecular formula is C19H18N3+. The number of rotatable bonds is 0. The lowest BCUT2D eigenvalue weighted by Gasteiger charge is -2.09. The summed E-state index contributed by atoms with van der Waals surface area (Å²) in [7, 11) is 2.19. The Bertz CT molecular complexity index is 1010. The van der Waals surface area contributed by atoms with Crippen LogP contribution in [0.3, 0.4) is 0 Å². The molecule has 3 aromatic rings. The highest BCUT2D eigenvalue weighted by Gasteiger charge is 2.35. The van der Waals surface area contributed by atoms with Crippen LogP contribution in [0.1, 0.15) is 29.4 Å². The lowest BCUT2D eigenvalue weighted by atomic mass is 10.0. The first kappa shape index (κ1) is 12.2. The average Bonchev–Trinajstić information content (AvgIpc) is 3.10. The molecule has 0 aliphatic carbocycles. The highest BCUT2D eigenvalue weighted by atomic mass is 15.1. The summed E-state index contributed by atoms with van der Waals surface area (Å²) < 4.78 is 4.75. The number of aryl methyl sites for hydroxylation is 1. The molecule has 0 radical (unpaired) electrons. The van der Waals surface area contributed by atoms with E-state index in [0.29, 0.717) is 0 Å². The smallest absolute Gasteiger partial charge is 0.233 e. The van der Waals surface area contributed by atoms with Gasteiger partial charge in [-0.2, -0.15) is 0 Å². The third-order valence-electron chi connectivity index (χ3n) is 5.19. The van der Waals surface area contributed by atoms with Crippen molar-refractivity contribution in [2.45, 2.75) is 26.7 Å². The molecule has 2 aliphatic heterocycles. The topological polar surface area (TPSA) is 20.8 Å². The van der Waals surface area contributed by atoms with Crippen LogP contribution in [0.25, 0.3) is 16.7 Å². The predicted molar refractivity (Wildman–Crippen MR) is 88.8 cm³/mol. The molecule has 0 saturated heterocycles. The Morgan fingerprint density at radius 1 is 1.05 bits per heavy atom. The molecule has 0 atom stereocenters. The molecule has 3 heterocycles. The number of hydrogen-bond donors (Lipinski definition) is 0. The van der Waals surface area contributed by atoms with Crippen molar-refractivity contribution in [3.8, 4) is 5.69 Å². The summed E-state index contributed by atoms with van der Waals surface area (Å²) in [6.45, 7) is 4.40. The average molecular weight is 288 g/mol. The Balaban J connectivity index is 1.94. The maximum absolute atomic E-state index is 4.88. The van der Waals surface area contributed by atoms with E-state index in [0.717, 1.165) is 18.4 Å². The molecule has 0 saturated carbocycles. The van der Waals surface area contributed by atoms with Crippen LogP contribution in [-0.4, -0.2) is 26.9 Å². The first-order valence-electron chi connectivity index (χ1n) is 7.83. The summed E-state index contributed by atoms with van der Waals surface area (Å²) in [4.78, 5) is 4.88. The zero-order valence-electron chi connectivity index (χ0n) is 13.1. The van der Waals surface area contributed by atoms with Crippen LogP contribution < -0.4 is 0 Å². The normalized spacial score (nSPS) is 15.4. The Morgan fingerprint density at radius 3 is 2.73 bits per heavy atom.